The minimum atomic E-state index is -0.796. The average molecular weight is 472 g/mol. The molecule has 7 nitrogen and oxygen atoms in total. The number of hydrogen-bond acceptors (Lipinski definition) is 6. The standard InChI is InChI=1S/C28H29N3O4/c1-28(2,3)35-27(33)31(22-15-14-20-11-7-8-12-21(20)17-22)26(32)24-18-34-25(30-24)23(29)16-13-19-9-5-4-6-10-19/h4-12,14-15,17-18,23H,13,16,29H2,1-3H3/t23-/m1/s1. The van der Waals surface area contributed by atoms with Crippen molar-refractivity contribution < 1.29 is 18.7 Å². The first-order valence-electron chi connectivity index (χ1n) is 11.5. The van der Waals surface area contributed by atoms with Crippen molar-refractivity contribution in [2.45, 2.75) is 45.3 Å². The molecule has 0 aliphatic rings. The summed E-state index contributed by atoms with van der Waals surface area (Å²) in [6, 6.07) is 22.5. The highest BCUT2D eigenvalue weighted by Gasteiger charge is 2.32. The molecular formula is C28H29N3O4. The van der Waals surface area contributed by atoms with E-state index in [9.17, 15) is 9.59 Å². The van der Waals surface area contributed by atoms with Gasteiger partial charge in [-0.15, -0.1) is 0 Å². The third-order valence-electron chi connectivity index (χ3n) is 5.42. The van der Waals surface area contributed by atoms with Crippen LogP contribution in [0.2, 0.25) is 0 Å². The van der Waals surface area contributed by atoms with Gasteiger partial charge < -0.3 is 14.9 Å². The lowest BCUT2D eigenvalue weighted by Crippen LogP contribution is -2.41. The van der Waals surface area contributed by atoms with Gasteiger partial charge in [0.15, 0.2) is 5.69 Å². The highest BCUT2D eigenvalue weighted by Crippen LogP contribution is 2.26. The zero-order valence-corrected chi connectivity index (χ0v) is 20.1. The van der Waals surface area contributed by atoms with Crippen molar-refractivity contribution >= 4 is 28.5 Å². The largest absolute Gasteiger partial charge is 0.446 e. The number of ether oxygens (including phenoxy) is 1. The number of carbonyl (C=O) groups is 2. The fraction of sp³-hybridized carbons (Fsp3) is 0.250. The lowest BCUT2D eigenvalue weighted by Gasteiger charge is -2.26. The molecule has 0 aliphatic heterocycles. The SMILES string of the molecule is CC(C)(C)OC(=O)N(C(=O)c1coc([C@H](N)CCc2ccccc2)n1)c1ccc2ccccc2c1. The molecule has 0 radical (unpaired) electrons. The number of hydrogen-bond donors (Lipinski definition) is 1. The van der Waals surface area contributed by atoms with Crippen molar-refractivity contribution in [3.05, 3.63) is 96.2 Å². The molecule has 0 aliphatic carbocycles. The Kier molecular flexibility index (Phi) is 6.98. The topological polar surface area (TPSA) is 98.7 Å². The Balaban J connectivity index is 1.59. The van der Waals surface area contributed by atoms with E-state index in [2.05, 4.69) is 4.98 Å². The van der Waals surface area contributed by atoms with E-state index in [1.54, 1.807) is 32.9 Å². The van der Waals surface area contributed by atoms with E-state index < -0.39 is 23.6 Å². The molecule has 0 fully saturated rings. The zero-order valence-electron chi connectivity index (χ0n) is 20.1. The van der Waals surface area contributed by atoms with Crippen LogP contribution in [0.5, 0.6) is 0 Å². The molecule has 4 aromatic rings. The third kappa shape index (κ3) is 5.94. The summed E-state index contributed by atoms with van der Waals surface area (Å²) in [5, 5.41) is 1.87. The van der Waals surface area contributed by atoms with Crippen molar-refractivity contribution in [2.24, 2.45) is 5.73 Å². The van der Waals surface area contributed by atoms with E-state index in [0.29, 0.717) is 12.1 Å². The molecular weight excluding hydrogens is 442 g/mol. The van der Waals surface area contributed by atoms with Gasteiger partial charge in [0.25, 0.3) is 5.91 Å². The normalized spacial score (nSPS) is 12.3. The lowest BCUT2D eigenvalue weighted by atomic mass is 10.1. The summed E-state index contributed by atoms with van der Waals surface area (Å²) in [6.45, 7) is 5.23. The number of carbonyl (C=O) groups excluding carboxylic acids is 2. The first-order valence-corrected chi connectivity index (χ1v) is 11.5. The van der Waals surface area contributed by atoms with Crippen LogP contribution in [0.25, 0.3) is 10.8 Å². The van der Waals surface area contributed by atoms with Crippen LogP contribution in [0, 0.1) is 0 Å². The van der Waals surface area contributed by atoms with Crippen LogP contribution in [-0.4, -0.2) is 22.6 Å². The van der Waals surface area contributed by atoms with Crippen LogP contribution in [-0.2, 0) is 11.2 Å². The summed E-state index contributed by atoms with van der Waals surface area (Å²) in [5.74, 6) is -0.410. The fourth-order valence-corrected chi connectivity index (χ4v) is 3.69. The second-order valence-electron chi connectivity index (χ2n) is 9.35. The van der Waals surface area contributed by atoms with E-state index in [1.165, 1.54) is 6.26 Å². The van der Waals surface area contributed by atoms with Crippen LogP contribution < -0.4 is 10.6 Å². The first kappa shape index (κ1) is 24.2. The average Bonchev–Trinajstić information content (AvgIpc) is 3.33. The second-order valence-corrected chi connectivity index (χ2v) is 9.35. The molecule has 1 atom stereocenters. The quantitative estimate of drug-likeness (QED) is 0.368. The summed E-state index contributed by atoms with van der Waals surface area (Å²) in [7, 11) is 0. The van der Waals surface area contributed by atoms with Crippen LogP contribution in [0.3, 0.4) is 0 Å². The molecule has 0 saturated heterocycles. The van der Waals surface area contributed by atoms with E-state index >= 15 is 0 Å². The van der Waals surface area contributed by atoms with Crippen molar-refractivity contribution in [3.8, 4) is 0 Å². The van der Waals surface area contributed by atoms with Gasteiger partial charge in [-0.25, -0.2) is 14.7 Å². The molecule has 4 rings (SSSR count). The Hall–Kier alpha value is -3.97. The molecule has 35 heavy (non-hydrogen) atoms. The molecule has 0 saturated carbocycles. The number of rotatable bonds is 6. The number of oxazole rings is 1. The molecule has 2 N–H and O–H groups in total. The molecule has 0 bridgehead atoms. The highest BCUT2D eigenvalue weighted by molar-refractivity contribution is 6.19. The lowest BCUT2D eigenvalue weighted by molar-refractivity contribution is 0.0563. The third-order valence-corrected chi connectivity index (χ3v) is 5.42. The van der Waals surface area contributed by atoms with Crippen molar-refractivity contribution in [1.29, 1.82) is 0 Å². The Morgan fingerprint density at radius 2 is 1.69 bits per heavy atom. The second kappa shape index (κ2) is 10.1. The summed E-state index contributed by atoms with van der Waals surface area (Å²) in [4.78, 5) is 31.9. The van der Waals surface area contributed by atoms with Gasteiger partial charge in [-0.1, -0.05) is 60.7 Å². The summed E-state index contributed by atoms with van der Waals surface area (Å²) in [5.41, 5.74) is 6.99. The smallest absolute Gasteiger partial charge is 0.422 e. The summed E-state index contributed by atoms with van der Waals surface area (Å²) in [6.07, 6.45) is 1.78. The predicted octanol–water partition coefficient (Wildman–Crippen LogP) is 6.04. The number of aromatic nitrogens is 1. The highest BCUT2D eigenvalue weighted by atomic mass is 16.6. The molecule has 180 valence electrons. The number of aryl methyl sites for hydroxylation is 1. The van der Waals surface area contributed by atoms with Crippen LogP contribution >= 0.6 is 0 Å². The molecule has 1 heterocycles. The van der Waals surface area contributed by atoms with E-state index in [0.717, 1.165) is 27.7 Å². The van der Waals surface area contributed by atoms with Crippen LogP contribution in [0.1, 0.15) is 55.2 Å². The van der Waals surface area contributed by atoms with E-state index in [4.69, 9.17) is 14.9 Å². The Bertz CT molecular complexity index is 1320. The number of nitrogens with zero attached hydrogens (tertiary/aromatic N) is 2. The molecule has 0 unspecified atom stereocenters. The maximum absolute atomic E-state index is 13.5. The number of anilines is 1. The van der Waals surface area contributed by atoms with Gasteiger partial charge in [0.05, 0.1) is 11.7 Å². The van der Waals surface area contributed by atoms with Crippen molar-refractivity contribution in [1.82, 2.24) is 4.98 Å². The maximum atomic E-state index is 13.5. The number of fused-ring (bicyclic) bond motifs is 1. The molecule has 3 aromatic carbocycles. The Morgan fingerprint density at radius 3 is 2.40 bits per heavy atom. The van der Waals surface area contributed by atoms with E-state index in [-0.39, 0.29) is 11.6 Å². The molecule has 0 spiro atoms. The molecule has 2 amide bonds. The van der Waals surface area contributed by atoms with Crippen LogP contribution in [0.4, 0.5) is 10.5 Å². The Morgan fingerprint density at radius 1 is 1.00 bits per heavy atom. The summed E-state index contributed by atoms with van der Waals surface area (Å²) >= 11 is 0. The zero-order chi connectivity index (χ0) is 25.0. The predicted molar refractivity (Wildman–Crippen MR) is 135 cm³/mol. The van der Waals surface area contributed by atoms with Gasteiger partial charge >= 0.3 is 6.09 Å². The summed E-state index contributed by atoms with van der Waals surface area (Å²) < 4.78 is 11.1. The van der Waals surface area contributed by atoms with Gasteiger partial charge in [0.2, 0.25) is 5.89 Å². The van der Waals surface area contributed by atoms with Crippen LogP contribution in [0.15, 0.2) is 83.5 Å². The van der Waals surface area contributed by atoms with Gasteiger partial charge in [-0.05, 0) is 62.1 Å². The van der Waals surface area contributed by atoms with Gasteiger partial charge in [-0.3, -0.25) is 4.79 Å². The van der Waals surface area contributed by atoms with Gasteiger partial charge in [0.1, 0.15) is 11.9 Å². The number of amides is 2. The maximum Gasteiger partial charge on any atom is 0.422 e. The van der Waals surface area contributed by atoms with Gasteiger partial charge in [0, 0.05) is 0 Å². The minimum Gasteiger partial charge on any atom is -0.446 e. The minimum absolute atomic E-state index is 0.0193. The first-order chi connectivity index (χ1) is 16.7. The monoisotopic (exact) mass is 471 g/mol. The van der Waals surface area contributed by atoms with Crippen molar-refractivity contribution in [2.75, 3.05) is 4.90 Å². The number of nitrogens with two attached hydrogens (primary N) is 1. The number of imide groups is 1. The molecule has 7 heteroatoms. The van der Waals surface area contributed by atoms with Crippen molar-refractivity contribution in [3.63, 3.8) is 0 Å². The Labute approximate surface area is 204 Å². The molecule has 1 aromatic heterocycles. The number of benzene rings is 3. The fourth-order valence-electron chi connectivity index (χ4n) is 3.69. The van der Waals surface area contributed by atoms with E-state index in [1.807, 2.05) is 60.7 Å². The van der Waals surface area contributed by atoms with Gasteiger partial charge in [-0.2, -0.15) is 0 Å².